The highest BCUT2D eigenvalue weighted by Crippen LogP contribution is 2.27. The van der Waals surface area contributed by atoms with E-state index in [0.717, 1.165) is 30.3 Å². The van der Waals surface area contributed by atoms with E-state index in [-0.39, 0.29) is 0 Å². The summed E-state index contributed by atoms with van der Waals surface area (Å²) >= 11 is 1.61. The van der Waals surface area contributed by atoms with Crippen LogP contribution in [0, 0.1) is 0 Å². The Kier molecular flexibility index (Phi) is 4.34. The molecule has 1 heterocycles. The zero-order chi connectivity index (χ0) is 12.1. The van der Waals surface area contributed by atoms with Crippen LogP contribution in [-0.2, 0) is 0 Å². The van der Waals surface area contributed by atoms with Crippen molar-refractivity contribution in [2.24, 2.45) is 0 Å². The number of thiazole rings is 1. The minimum absolute atomic E-state index is 0.539. The van der Waals surface area contributed by atoms with E-state index < -0.39 is 0 Å². The maximum absolute atomic E-state index is 5.64. The first kappa shape index (κ1) is 12.3. The van der Waals surface area contributed by atoms with Crippen molar-refractivity contribution in [2.45, 2.75) is 26.3 Å². The number of rotatable bonds is 6. The second-order valence-electron chi connectivity index (χ2n) is 4.26. The van der Waals surface area contributed by atoms with Crippen molar-refractivity contribution in [3.8, 4) is 5.19 Å². The molecule has 0 saturated heterocycles. The SMILES string of the molecule is CC(C)NCCCOc1nc2ccccc2s1. The van der Waals surface area contributed by atoms with Crippen LogP contribution in [0.2, 0.25) is 0 Å². The molecule has 92 valence electrons. The molecule has 4 heteroatoms. The van der Waals surface area contributed by atoms with Gasteiger partial charge in [-0.2, -0.15) is 0 Å². The van der Waals surface area contributed by atoms with Crippen molar-refractivity contribution < 1.29 is 4.74 Å². The predicted octanol–water partition coefficient (Wildman–Crippen LogP) is 3.06. The number of hydrogen-bond acceptors (Lipinski definition) is 4. The minimum atomic E-state index is 0.539. The molecule has 0 saturated carbocycles. The fourth-order valence-electron chi connectivity index (χ4n) is 1.54. The van der Waals surface area contributed by atoms with Crippen molar-refractivity contribution in [3.05, 3.63) is 24.3 Å². The molecule has 3 nitrogen and oxygen atoms in total. The van der Waals surface area contributed by atoms with Gasteiger partial charge in [-0.25, -0.2) is 4.98 Å². The summed E-state index contributed by atoms with van der Waals surface area (Å²) < 4.78 is 6.82. The summed E-state index contributed by atoms with van der Waals surface area (Å²) in [5.41, 5.74) is 1.02. The van der Waals surface area contributed by atoms with Crippen molar-refractivity contribution in [3.63, 3.8) is 0 Å². The Morgan fingerprint density at radius 2 is 2.18 bits per heavy atom. The molecule has 2 rings (SSSR count). The summed E-state index contributed by atoms with van der Waals surface area (Å²) in [6.07, 6.45) is 1.01. The third kappa shape index (κ3) is 3.68. The largest absolute Gasteiger partial charge is 0.470 e. The molecule has 0 amide bonds. The molecule has 0 bridgehead atoms. The highest BCUT2D eigenvalue weighted by atomic mass is 32.1. The van der Waals surface area contributed by atoms with Crippen molar-refractivity contribution in [1.82, 2.24) is 10.3 Å². The molecule has 1 aromatic carbocycles. The Morgan fingerprint density at radius 1 is 1.35 bits per heavy atom. The van der Waals surface area contributed by atoms with Crippen LogP contribution in [-0.4, -0.2) is 24.2 Å². The van der Waals surface area contributed by atoms with E-state index >= 15 is 0 Å². The number of benzene rings is 1. The first-order valence-electron chi connectivity index (χ1n) is 5.97. The monoisotopic (exact) mass is 250 g/mol. The normalized spacial score (nSPS) is 11.2. The quantitative estimate of drug-likeness (QED) is 0.800. The maximum atomic E-state index is 5.64. The summed E-state index contributed by atoms with van der Waals surface area (Å²) in [4.78, 5) is 4.42. The van der Waals surface area contributed by atoms with Gasteiger partial charge in [-0.15, -0.1) is 0 Å². The topological polar surface area (TPSA) is 34.1 Å². The van der Waals surface area contributed by atoms with Gasteiger partial charge >= 0.3 is 0 Å². The Morgan fingerprint density at radius 3 is 2.94 bits per heavy atom. The minimum Gasteiger partial charge on any atom is -0.470 e. The van der Waals surface area contributed by atoms with Crippen LogP contribution >= 0.6 is 11.3 Å². The predicted molar refractivity (Wildman–Crippen MR) is 72.9 cm³/mol. The van der Waals surface area contributed by atoms with E-state index in [1.54, 1.807) is 11.3 Å². The number of fused-ring (bicyclic) bond motifs is 1. The van der Waals surface area contributed by atoms with Gasteiger partial charge in [0.25, 0.3) is 5.19 Å². The molecule has 0 fully saturated rings. The van der Waals surface area contributed by atoms with Crippen LogP contribution in [0.25, 0.3) is 10.2 Å². The lowest BCUT2D eigenvalue weighted by molar-refractivity contribution is 0.305. The molecule has 1 N–H and O–H groups in total. The number of ether oxygens (including phenoxy) is 1. The van der Waals surface area contributed by atoms with Gasteiger partial charge in [0.1, 0.15) is 0 Å². The molecule has 0 radical (unpaired) electrons. The summed E-state index contributed by atoms with van der Waals surface area (Å²) in [5.74, 6) is 0. The van der Waals surface area contributed by atoms with Crippen LogP contribution in [0.5, 0.6) is 5.19 Å². The number of aromatic nitrogens is 1. The Labute approximate surface area is 106 Å². The third-order valence-electron chi connectivity index (χ3n) is 2.37. The van der Waals surface area contributed by atoms with Gasteiger partial charge in [-0.1, -0.05) is 37.3 Å². The molecular formula is C13H18N2OS. The summed E-state index contributed by atoms with van der Waals surface area (Å²) in [5, 5.41) is 4.14. The smallest absolute Gasteiger partial charge is 0.274 e. The molecule has 17 heavy (non-hydrogen) atoms. The number of nitrogens with one attached hydrogen (secondary N) is 1. The lowest BCUT2D eigenvalue weighted by atomic mass is 10.3. The average Bonchev–Trinajstić information content (AvgIpc) is 2.70. The molecule has 0 atom stereocenters. The van der Waals surface area contributed by atoms with Gasteiger partial charge in [-0.05, 0) is 25.1 Å². The fourth-order valence-corrected chi connectivity index (χ4v) is 2.37. The van der Waals surface area contributed by atoms with Crippen molar-refractivity contribution in [2.75, 3.05) is 13.2 Å². The summed E-state index contributed by atoms with van der Waals surface area (Å²) in [7, 11) is 0. The zero-order valence-corrected chi connectivity index (χ0v) is 11.1. The number of hydrogen-bond donors (Lipinski definition) is 1. The Balaban J connectivity index is 1.79. The van der Waals surface area contributed by atoms with E-state index in [4.69, 9.17) is 4.74 Å². The van der Waals surface area contributed by atoms with Gasteiger partial charge < -0.3 is 10.1 Å². The number of para-hydroxylation sites is 1. The van der Waals surface area contributed by atoms with Gasteiger partial charge in [0.15, 0.2) is 0 Å². The van der Waals surface area contributed by atoms with Crippen molar-refractivity contribution >= 4 is 21.6 Å². The standard InChI is InChI=1S/C13H18N2OS/c1-10(2)14-8-5-9-16-13-15-11-6-3-4-7-12(11)17-13/h3-4,6-7,10,14H,5,8-9H2,1-2H3. The van der Waals surface area contributed by atoms with Crippen LogP contribution < -0.4 is 10.1 Å². The molecule has 0 aliphatic rings. The first-order valence-corrected chi connectivity index (χ1v) is 6.79. The van der Waals surface area contributed by atoms with E-state index in [1.165, 1.54) is 4.70 Å². The lowest BCUT2D eigenvalue weighted by Gasteiger charge is -2.07. The highest BCUT2D eigenvalue weighted by molar-refractivity contribution is 7.20. The summed E-state index contributed by atoms with van der Waals surface area (Å²) in [6, 6.07) is 8.64. The summed E-state index contributed by atoms with van der Waals surface area (Å²) in [6.45, 7) is 6.00. The second-order valence-corrected chi connectivity index (χ2v) is 5.25. The Hall–Kier alpha value is -1.13. The average molecular weight is 250 g/mol. The molecule has 0 aliphatic heterocycles. The van der Waals surface area contributed by atoms with Crippen LogP contribution in [0.4, 0.5) is 0 Å². The molecular weight excluding hydrogens is 232 g/mol. The lowest BCUT2D eigenvalue weighted by Crippen LogP contribution is -2.24. The third-order valence-corrected chi connectivity index (χ3v) is 3.32. The van der Waals surface area contributed by atoms with Gasteiger partial charge in [-0.3, -0.25) is 0 Å². The van der Waals surface area contributed by atoms with Crippen LogP contribution in [0.15, 0.2) is 24.3 Å². The molecule has 0 unspecified atom stereocenters. The van der Waals surface area contributed by atoms with E-state index in [0.29, 0.717) is 6.04 Å². The molecule has 2 aromatic rings. The van der Waals surface area contributed by atoms with Gasteiger partial charge in [0.2, 0.25) is 0 Å². The first-order chi connectivity index (χ1) is 8.25. The second kappa shape index (κ2) is 5.98. The van der Waals surface area contributed by atoms with E-state index in [9.17, 15) is 0 Å². The molecule has 0 aliphatic carbocycles. The van der Waals surface area contributed by atoms with E-state index in [2.05, 4.69) is 30.2 Å². The van der Waals surface area contributed by atoms with E-state index in [1.807, 2.05) is 18.2 Å². The fraction of sp³-hybridized carbons (Fsp3) is 0.462. The maximum Gasteiger partial charge on any atom is 0.274 e. The zero-order valence-electron chi connectivity index (χ0n) is 10.3. The Bertz CT molecular complexity index is 434. The molecule has 1 aromatic heterocycles. The van der Waals surface area contributed by atoms with Crippen LogP contribution in [0.3, 0.4) is 0 Å². The number of nitrogens with zero attached hydrogens (tertiary/aromatic N) is 1. The van der Waals surface area contributed by atoms with Crippen LogP contribution in [0.1, 0.15) is 20.3 Å². The van der Waals surface area contributed by atoms with Gasteiger partial charge in [0.05, 0.1) is 16.8 Å². The highest BCUT2D eigenvalue weighted by Gasteiger charge is 2.03. The molecule has 0 spiro atoms. The van der Waals surface area contributed by atoms with Crippen molar-refractivity contribution in [1.29, 1.82) is 0 Å². The van der Waals surface area contributed by atoms with Gasteiger partial charge in [0, 0.05) is 6.04 Å².